The molecule has 2 N–H and O–H groups in total. The van der Waals surface area contributed by atoms with Crippen molar-refractivity contribution in [2.24, 2.45) is 0 Å². The van der Waals surface area contributed by atoms with Gasteiger partial charge in [0.05, 0.1) is 32.3 Å². The predicted molar refractivity (Wildman–Crippen MR) is 105 cm³/mol. The zero-order valence-corrected chi connectivity index (χ0v) is 16.2. The van der Waals surface area contributed by atoms with Crippen molar-refractivity contribution in [3.8, 4) is 0 Å². The highest BCUT2D eigenvalue weighted by molar-refractivity contribution is 5.94. The van der Waals surface area contributed by atoms with Gasteiger partial charge in [-0.2, -0.15) is 0 Å². The Hall–Kier alpha value is -2.90. The molecule has 0 spiro atoms. The van der Waals surface area contributed by atoms with E-state index in [1.807, 2.05) is 30.3 Å². The Bertz CT molecular complexity index is 766. The van der Waals surface area contributed by atoms with Gasteiger partial charge in [-0.25, -0.2) is 5.06 Å². The second-order valence-electron chi connectivity index (χ2n) is 6.02. The number of hydrogen-bond donors (Lipinski definition) is 1. The van der Waals surface area contributed by atoms with Crippen LogP contribution < -0.4 is 5.73 Å². The number of anilines is 1. The lowest BCUT2D eigenvalue weighted by Crippen LogP contribution is -2.37. The lowest BCUT2D eigenvalue weighted by molar-refractivity contribution is -0.169. The number of methoxy groups -OCH3 is 1. The summed E-state index contributed by atoms with van der Waals surface area (Å²) in [6.45, 7) is 2.44. The van der Waals surface area contributed by atoms with Crippen molar-refractivity contribution in [1.29, 1.82) is 0 Å². The molecule has 2 rings (SSSR count). The zero-order valence-electron chi connectivity index (χ0n) is 16.2. The van der Waals surface area contributed by atoms with Gasteiger partial charge in [-0.05, 0) is 30.7 Å². The number of carbonyl (C=O) groups is 2. The fraction of sp³-hybridized carbons (Fsp3) is 0.333. The predicted octanol–water partition coefficient (Wildman–Crippen LogP) is 2.98. The molecule has 0 radical (unpaired) electrons. The van der Waals surface area contributed by atoms with Crippen molar-refractivity contribution >= 4 is 17.6 Å². The van der Waals surface area contributed by atoms with Crippen LogP contribution in [-0.2, 0) is 19.1 Å². The molecule has 0 aromatic heterocycles. The van der Waals surface area contributed by atoms with Gasteiger partial charge in [-0.1, -0.05) is 36.4 Å². The van der Waals surface area contributed by atoms with Crippen LogP contribution in [0.5, 0.6) is 0 Å². The Labute approximate surface area is 164 Å². The van der Waals surface area contributed by atoms with Gasteiger partial charge in [0.25, 0.3) is 5.91 Å². The summed E-state index contributed by atoms with van der Waals surface area (Å²) in [5.74, 6) is -0.821. The molecule has 0 saturated heterocycles. The molecule has 7 heteroatoms. The van der Waals surface area contributed by atoms with Gasteiger partial charge in [0.2, 0.25) is 0 Å². The van der Waals surface area contributed by atoms with E-state index >= 15 is 0 Å². The smallest absolute Gasteiger partial charge is 0.308 e. The Morgan fingerprint density at radius 2 is 1.82 bits per heavy atom. The molecule has 7 nitrogen and oxygen atoms in total. The molecule has 0 aliphatic rings. The minimum atomic E-state index is -0.661. The number of nitrogen functional groups attached to an aromatic ring is 1. The van der Waals surface area contributed by atoms with Gasteiger partial charge in [-0.3, -0.25) is 14.4 Å². The number of benzene rings is 2. The minimum Gasteiger partial charge on any atom is -0.466 e. The van der Waals surface area contributed by atoms with Crippen LogP contribution in [0.15, 0.2) is 54.6 Å². The molecular formula is C21H26N2O5. The van der Waals surface area contributed by atoms with E-state index in [0.29, 0.717) is 17.9 Å². The summed E-state index contributed by atoms with van der Waals surface area (Å²) in [4.78, 5) is 31.2. The van der Waals surface area contributed by atoms with E-state index < -0.39 is 17.9 Å². The number of hydrogen-bond acceptors (Lipinski definition) is 6. The first-order valence-electron chi connectivity index (χ1n) is 9.08. The van der Waals surface area contributed by atoms with Crippen molar-refractivity contribution in [2.75, 3.05) is 32.7 Å². The fourth-order valence-corrected chi connectivity index (χ4v) is 2.70. The summed E-state index contributed by atoms with van der Waals surface area (Å²) in [6.07, 6.45) is -0.0428. The van der Waals surface area contributed by atoms with Crippen LogP contribution in [0.2, 0.25) is 0 Å². The quantitative estimate of drug-likeness (QED) is 0.292. The molecule has 1 unspecified atom stereocenters. The first kappa shape index (κ1) is 21.4. The topological polar surface area (TPSA) is 91.1 Å². The molecule has 150 valence electrons. The van der Waals surface area contributed by atoms with Crippen LogP contribution in [0, 0.1) is 0 Å². The second-order valence-corrected chi connectivity index (χ2v) is 6.02. The highest BCUT2D eigenvalue weighted by Crippen LogP contribution is 2.27. The van der Waals surface area contributed by atoms with Crippen molar-refractivity contribution in [2.45, 2.75) is 19.4 Å². The molecule has 0 fully saturated rings. The van der Waals surface area contributed by atoms with E-state index in [1.54, 1.807) is 38.3 Å². The highest BCUT2D eigenvalue weighted by Gasteiger charge is 2.30. The number of rotatable bonds is 10. The van der Waals surface area contributed by atoms with Gasteiger partial charge in [0.1, 0.15) is 0 Å². The summed E-state index contributed by atoms with van der Waals surface area (Å²) in [5, 5.41) is 1.21. The van der Waals surface area contributed by atoms with E-state index in [-0.39, 0.29) is 19.6 Å². The zero-order chi connectivity index (χ0) is 20.4. The summed E-state index contributed by atoms with van der Waals surface area (Å²) in [5.41, 5.74) is 7.40. The standard InChI is InChI=1S/C21H26N2O5/c1-3-27-20(24)15-19(16-8-5-4-6-9-16)23(28-13-12-26-2)21(25)17-10-7-11-18(22)14-17/h4-11,14,19H,3,12-13,15,22H2,1-2H3. The average molecular weight is 386 g/mol. The Kier molecular flexibility index (Phi) is 8.45. The SMILES string of the molecule is CCOC(=O)CC(c1ccccc1)N(OCCOC)C(=O)c1cccc(N)c1. The Balaban J connectivity index is 2.38. The molecule has 28 heavy (non-hydrogen) atoms. The summed E-state index contributed by atoms with van der Waals surface area (Å²) in [6, 6.07) is 15.2. The van der Waals surface area contributed by atoms with Gasteiger partial charge in [0, 0.05) is 18.4 Å². The number of nitrogens with zero attached hydrogens (tertiary/aromatic N) is 1. The van der Waals surface area contributed by atoms with E-state index in [4.69, 9.17) is 20.0 Å². The van der Waals surface area contributed by atoms with Crippen molar-refractivity contribution < 1.29 is 23.9 Å². The van der Waals surface area contributed by atoms with Crippen LogP contribution in [0.3, 0.4) is 0 Å². The molecule has 2 aromatic rings. The fourth-order valence-electron chi connectivity index (χ4n) is 2.70. The lowest BCUT2D eigenvalue weighted by atomic mass is 10.0. The van der Waals surface area contributed by atoms with E-state index in [0.717, 1.165) is 5.56 Å². The van der Waals surface area contributed by atoms with Crippen LogP contribution >= 0.6 is 0 Å². The van der Waals surface area contributed by atoms with Crippen LogP contribution in [-0.4, -0.2) is 43.9 Å². The largest absolute Gasteiger partial charge is 0.466 e. The lowest BCUT2D eigenvalue weighted by Gasteiger charge is -2.30. The Morgan fingerprint density at radius 1 is 1.07 bits per heavy atom. The van der Waals surface area contributed by atoms with Crippen molar-refractivity contribution in [1.82, 2.24) is 5.06 Å². The first-order chi connectivity index (χ1) is 13.6. The highest BCUT2D eigenvalue weighted by atomic mass is 16.7. The maximum atomic E-state index is 13.2. The summed E-state index contributed by atoms with van der Waals surface area (Å²) in [7, 11) is 1.54. The molecule has 2 aromatic carbocycles. The third kappa shape index (κ3) is 6.07. The molecule has 0 aliphatic heterocycles. The number of esters is 1. The van der Waals surface area contributed by atoms with Gasteiger partial charge < -0.3 is 15.2 Å². The molecule has 0 heterocycles. The monoisotopic (exact) mass is 386 g/mol. The molecule has 0 saturated carbocycles. The van der Waals surface area contributed by atoms with Crippen LogP contribution in [0.25, 0.3) is 0 Å². The van der Waals surface area contributed by atoms with Crippen LogP contribution in [0.1, 0.15) is 35.3 Å². The summed E-state index contributed by atoms with van der Waals surface area (Å²) < 4.78 is 10.1. The van der Waals surface area contributed by atoms with E-state index in [2.05, 4.69) is 0 Å². The molecule has 1 amide bonds. The van der Waals surface area contributed by atoms with E-state index in [9.17, 15) is 9.59 Å². The Morgan fingerprint density at radius 3 is 2.46 bits per heavy atom. The number of ether oxygens (including phenoxy) is 2. The number of nitrogens with two attached hydrogens (primary N) is 1. The summed E-state index contributed by atoms with van der Waals surface area (Å²) >= 11 is 0. The second kappa shape index (κ2) is 11.1. The average Bonchev–Trinajstić information content (AvgIpc) is 2.70. The van der Waals surface area contributed by atoms with Crippen molar-refractivity contribution in [3.05, 3.63) is 65.7 Å². The number of amides is 1. The number of carbonyl (C=O) groups excluding carboxylic acids is 2. The molecule has 0 bridgehead atoms. The van der Waals surface area contributed by atoms with Crippen molar-refractivity contribution in [3.63, 3.8) is 0 Å². The third-order valence-corrected chi connectivity index (χ3v) is 3.98. The molecular weight excluding hydrogens is 360 g/mol. The molecule has 1 atom stereocenters. The van der Waals surface area contributed by atoms with Crippen LogP contribution in [0.4, 0.5) is 5.69 Å². The van der Waals surface area contributed by atoms with Gasteiger partial charge >= 0.3 is 5.97 Å². The minimum absolute atomic E-state index is 0.0428. The van der Waals surface area contributed by atoms with Gasteiger partial charge in [-0.15, -0.1) is 0 Å². The normalized spacial score (nSPS) is 11.6. The third-order valence-electron chi connectivity index (χ3n) is 3.98. The maximum Gasteiger partial charge on any atom is 0.308 e. The van der Waals surface area contributed by atoms with Gasteiger partial charge in [0.15, 0.2) is 0 Å². The molecule has 0 aliphatic carbocycles. The number of hydroxylamine groups is 2. The first-order valence-corrected chi connectivity index (χ1v) is 9.08. The van der Waals surface area contributed by atoms with E-state index in [1.165, 1.54) is 5.06 Å². The maximum absolute atomic E-state index is 13.2.